The number of nitrogens with one attached hydrogen (secondary N) is 1. The van der Waals surface area contributed by atoms with Gasteiger partial charge in [0.25, 0.3) is 0 Å². The van der Waals surface area contributed by atoms with Crippen molar-refractivity contribution in [1.29, 1.82) is 5.41 Å². The van der Waals surface area contributed by atoms with Crippen molar-refractivity contribution in [2.45, 2.75) is 19.9 Å². The lowest BCUT2D eigenvalue weighted by molar-refractivity contribution is 0.277. The number of hydrogen-bond acceptors (Lipinski definition) is 2. The van der Waals surface area contributed by atoms with Crippen LogP contribution in [0.25, 0.3) is 0 Å². The first kappa shape index (κ1) is 12.1. The van der Waals surface area contributed by atoms with Gasteiger partial charge in [-0.1, -0.05) is 30.3 Å². The molecule has 0 amide bonds. The van der Waals surface area contributed by atoms with Crippen molar-refractivity contribution in [2.24, 2.45) is 0 Å². The van der Waals surface area contributed by atoms with Crippen LogP contribution in [0.5, 0.6) is 0 Å². The summed E-state index contributed by atoms with van der Waals surface area (Å²) in [5.41, 5.74) is 1.38. The monoisotopic (exact) mass is 231 g/mol. The normalized spacial score (nSPS) is 17.8. The lowest BCUT2D eigenvalue weighted by Crippen LogP contribution is -2.33. The van der Waals surface area contributed by atoms with E-state index in [1.54, 1.807) is 0 Å². The predicted molar refractivity (Wildman–Crippen MR) is 71.3 cm³/mol. The Morgan fingerprint density at radius 2 is 1.88 bits per heavy atom. The smallest absolute Gasteiger partial charge is 0.0926 e. The maximum absolute atomic E-state index is 7.68. The molecule has 1 fully saturated rings. The average Bonchev–Trinajstić information content (AvgIpc) is 2.56. The minimum Gasteiger partial charge on any atom is -0.359 e. The van der Waals surface area contributed by atoms with E-state index in [0.29, 0.717) is 5.84 Å². The van der Waals surface area contributed by atoms with Crippen LogP contribution in [0.4, 0.5) is 0 Å². The summed E-state index contributed by atoms with van der Waals surface area (Å²) in [4.78, 5) is 4.66. The molecule has 1 aliphatic rings. The van der Waals surface area contributed by atoms with Gasteiger partial charge < -0.3 is 4.90 Å². The summed E-state index contributed by atoms with van der Waals surface area (Å²) >= 11 is 0. The number of amidine groups is 1. The molecule has 2 rings (SSSR count). The molecule has 0 saturated carbocycles. The summed E-state index contributed by atoms with van der Waals surface area (Å²) in [6.07, 6.45) is 1.16. The number of hydrogen-bond donors (Lipinski definition) is 1. The minimum absolute atomic E-state index is 0.701. The van der Waals surface area contributed by atoms with Gasteiger partial charge in [-0.3, -0.25) is 10.3 Å². The molecule has 1 N–H and O–H groups in total. The molecular weight excluding hydrogens is 210 g/mol. The molecule has 0 aromatic heterocycles. The van der Waals surface area contributed by atoms with Gasteiger partial charge in [0.05, 0.1) is 5.84 Å². The van der Waals surface area contributed by atoms with E-state index in [4.69, 9.17) is 5.41 Å². The summed E-state index contributed by atoms with van der Waals surface area (Å²) in [7, 11) is 0. The highest BCUT2D eigenvalue weighted by Crippen LogP contribution is 2.08. The molecule has 0 bridgehead atoms. The maximum atomic E-state index is 7.68. The van der Waals surface area contributed by atoms with Gasteiger partial charge in [-0.2, -0.15) is 0 Å². The van der Waals surface area contributed by atoms with Gasteiger partial charge in [0.15, 0.2) is 0 Å². The molecule has 0 radical (unpaired) electrons. The van der Waals surface area contributed by atoms with Crippen LogP contribution in [-0.2, 0) is 6.54 Å². The Kier molecular flexibility index (Phi) is 4.15. The minimum atomic E-state index is 0.701. The number of nitrogens with zero attached hydrogens (tertiary/aromatic N) is 2. The molecule has 3 nitrogen and oxygen atoms in total. The van der Waals surface area contributed by atoms with Crippen LogP contribution in [0.1, 0.15) is 18.9 Å². The van der Waals surface area contributed by atoms with Crippen molar-refractivity contribution in [3.8, 4) is 0 Å². The van der Waals surface area contributed by atoms with Crippen molar-refractivity contribution in [3.05, 3.63) is 35.9 Å². The molecule has 17 heavy (non-hydrogen) atoms. The Balaban J connectivity index is 1.89. The summed E-state index contributed by atoms with van der Waals surface area (Å²) in [5.74, 6) is 0.701. The first-order valence-corrected chi connectivity index (χ1v) is 6.32. The highest BCUT2D eigenvalue weighted by molar-refractivity contribution is 5.76. The largest absolute Gasteiger partial charge is 0.359 e. The first-order chi connectivity index (χ1) is 8.25. The van der Waals surface area contributed by atoms with Crippen LogP contribution in [0.3, 0.4) is 0 Å². The van der Waals surface area contributed by atoms with E-state index in [1.165, 1.54) is 5.56 Å². The fourth-order valence-corrected chi connectivity index (χ4v) is 2.31. The fraction of sp³-hybridized carbons (Fsp3) is 0.500. The third-order valence-electron chi connectivity index (χ3n) is 3.31. The third-order valence-corrected chi connectivity index (χ3v) is 3.31. The summed E-state index contributed by atoms with van der Waals surface area (Å²) < 4.78 is 0. The summed E-state index contributed by atoms with van der Waals surface area (Å²) in [5, 5.41) is 7.68. The average molecular weight is 231 g/mol. The summed E-state index contributed by atoms with van der Waals surface area (Å²) in [6, 6.07) is 10.6. The van der Waals surface area contributed by atoms with Crippen LogP contribution in [-0.4, -0.2) is 41.8 Å². The van der Waals surface area contributed by atoms with Crippen molar-refractivity contribution in [2.75, 3.05) is 26.2 Å². The van der Waals surface area contributed by atoms with E-state index in [1.807, 2.05) is 6.92 Å². The van der Waals surface area contributed by atoms with E-state index in [0.717, 1.165) is 39.1 Å². The zero-order valence-electron chi connectivity index (χ0n) is 10.5. The van der Waals surface area contributed by atoms with Crippen molar-refractivity contribution >= 4 is 5.84 Å². The van der Waals surface area contributed by atoms with E-state index in [2.05, 4.69) is 40.1 Å². The van der Waals surface area contributed by atoms with E-state index in [9.17, 15) is 0 Å². The van der Waals surface area contributed by atoms with Crippen LogP contribution in [0, 0.1) is 5.41 Å². The molecule has 0 atom stereocenters. The standard InChI is InChI=1S/C14H21N3/c1-13(15)17-9-5-8-16(10-11-17)12-14-6-3-2-4-7-14/h2-4,6-7,15H,5,8-12H2,1H3. The molecule has 0 aliphatic carbocycles. The molecule has 0 spiro atoms. The Bertz CT molecular complexity index is 361. The second-order valence-electron chi connectivity index (χ2n) is 4.69. The number of rotatable bonds is 2. The summed E-state index contributed by atoms with van der Waals surface area (Å²) in [6.45, 7) is 7.13. The Labute approximate surface area is 104 Å². The molecule has 1 aromatic rings. The topological polar surface area (TPSA) is 30.3 Å². The Morgan fingerprint density at radius 1 is 1.12 bits per heavy atom. The molecule has 1 heterocycles. The quantitative estimate of drug-likeness (QED) is 0.624. The zero-order chi connectivity index (χ0) is 12.1. The lowest BCUT2D eigenvalue weighted by Gasteiger charge is -2.22. The Morgan fingerprint density at radius 3 is 2.59 bits per heavy atom. The van der Waals surface area contributed by atoms with Gasteiger partial charge in [-0.05, 0) is 18.9 Å². The molecule has 1 aliphatic heterocycles. The highest BCUT2D eigenvalue weighted by atomic mass is 15.2. The molecule has 92 valence electrons. The maximum Gasteiger partial charge on any atom is 0.0926 e. The van der Waals surface area contributed by atoms with Crippen LogP contribution >= 0.6 is 0 Å². The molecule has 3 heteroatoms. The van der Waals surface area contributed by atoms with Crippen molar-refractivity contribution < 1.29 is 0 Å². The fourth-order valence-electron chi connectivity index (χ4n) is 2.31. The van der Waals surface area contributed by atoms with Crippen LogP contribution in [0.15, 0.2) is 30.3 Å². The SMILES string of the molecule is CC(=N)N1CCCN(Cc2ccccc2)CC1. The first-order valence-electron chi connectivity index (χ1n) is 6.32. The Hall–Kier alpha value is -1.35. The van der Waals surface area contributed by atoms with Gasteiger partial charge in [-0.15, -0.1) is 0 Å². The van der Waals surface area contributed by atoms with Gasteiger partial charge in [-0.25, -0.2) is 0 Å². The van der Waals surface area contributed by atoms with Gasteiger partial charge >= 0.3 is 0 Å². The second-order valence-corrected chi connectivity index (χ2v) is 4.69. The van der Waals surface area contributed by atoms with E-state index < -0.39 is 0 Å². The molecule has 1 aromatic carbocycles. The molecule has 1 saturated heterocycles. The highest BCUT2D eigenvalue weighted by Gasteiger charge is 2.14. The van der Waals surface area contributed by atoms with Crippen molar-refractivity contribution in [1.82, 2.24) is 9.80 Å². The van der Waals surface area contributed by atoms with Gasteiger partial charge in [0, 0.05) is 32.7 Å². The molecule has 0 unspecified atom stereocenters. The number of benzene rings is 1. The van der Waals surface area contributed by atoms with E-state index >= 15 is 0 Å². The second kappa shape index (κ2) is 5.82. The lowest BCUT2D eigenvalue weighted by atomic mass is 10.2. The van der Waals surface area contributed by atoms with Gasteiger partial charge in [0.1, 0.15) is 0 Å². The molecular formula is C14H21N3. The van der Waals surface area contributed by atoms with Crippen molar-refractivity contribution in [3.63, 3.8) is 0 Å². The van der Waals surface area contributed by atoms with Crippen LogP contribution in [0.2, 0.25) is 0 Å². The zero-order valence-corrected chi connectivity index (χ0v) is 10.5. The van der Waals surface area contributed by atoms with Gasteiger partial charge in [0.2, 0.25) is 0 Å². The predicted octanol–water partition coefficient (Wildman–Crippen LogP) is 2.19. The van der Waals surface area contributed by atoms with E-state index in [-0.39, 0.29) is 0 Å². The van der Waals surface area contributed by atoms with Crippen LogP contribution < -0.4 is 0 Å². The third kappa shape index (κ3) is 3.56.